The van der Waals surface area contributed by atoms with Gasteiger partial charge in [0.2, 0.25) is 5.91 Å². The lowest BCUT2D eigenvalue weighted by molar-refractivity contribution is -0.121. The van der Waals surface area contributed by atoms with Crippen LogP contribution in [0.1, 0.15) is 23.4 Å². The van der Waals surface area contributed by atoms with Gasteiger partial charge in [0.1, 0.15) is 0 Å². The van der Waals surface area contributed by atoms with Gasteiger partial charge in [-0.1, -0.05) is 6.07 Å². The van der Waals surface area contributed by atoms with E-state index in [0.29, 0.717) is 6.42 Å². The zero-order valence-corrected chi connectivity index (χ0v) is 10.7. The van der Waals surface area contributed by atoms with Gasteiger partial charge in [0, 0.05) is 23.7 Å². The molecule has 1 N–H and O–H groups in total. The first-order chi connectivity index (χ1) is 8.15. The van der Waals surface area contributed by atoms with Crippen LogP contribution in [-0.2, 0) is 18.3 Å². The summed E-state index contributed by atoms with van der Waals surface area (Å²) in [5.41, 5.74) is 1.02. The zero-order valence-electron chi connectivity index (χ0n) is 9.88. The lowest BCUT2D eigenvalue weighted by Crippen LogP contribution is -2.27. The fraction of sp³-hybridized carbons (Fsp3) is 0.333. The Bertz CT molecular complexity index is 490. The number of rotatable bonds is 4. The molecule has 0 fully saturated rings. The van der Waals surface area contributed by atoms with Crippen molar-refractivity contribution in [2.75, 3.05) is 0 Å². The first kappa shape index (κ1) is 11.9. The minimum Gasteiger partial charge on any atom is -0.349 e. The van der Waals surface area contributed by atoms with Gasteiger partial charge in [-0.25, -0.2) is 0 Å². The summed E-state index contributed by atoms with van der Waals surface area (Å²) in [5.74, 6) is 0.0452. The number of carbonyl (C=O) groups excluding carboxylic acids is 1. The molecule has 0 aliphatic carbocycles. The Hall–Kier alpha value is -1.62. The van der Waals surface area contributed by atoms with Crippen molar-refractivity contribution < 1.29 is 4.79 Å². The molecule has 0 aliphatic rings. The van der Waals surface area contributed by atoms with Gasteiger partial charge in [-0.05, 0) is 18.4 Å². The summed E-state index contributed by atoms with van der Waals surface area (Å²) in [6.45, 7) is 1.96. The highest BCUT2D eigenvalue weighted by molar-refractivity contribution is 7.10. The number of carbonyl (C=O) groups is 1. The number of hydrogen-bond acceptors (Lipinski definition) is 3. The van der Waals surface area contributed by atoms with E-state index in [9.17, 15) is 4.79 Å². The molecule has 5 heteroatoms. The molecule has 1 atom stereocenters. The monoisotopic (exact) mass is 249 g/mol. The van der Waals surface area contributed by atoms with Crippen LogP contribution < -0.4 is 5.32 Å². The van der Waals surface area contributed by atoms with Gasteiger partial charge < -0.3 is 5.32 Å². The normalized spacial score (nSPS) is 12.4. The maximum atomic E-state index is 11.8. The molecule has 0 spiro atoms. The van der Waals surface area contributed by atoms with E-state index in [-0.39, 0.29) is 11.9 Å². The van der Waals surface area contributed by atoms with Crippen LogP contribution in [0.3, 0.4) is 0 Å². The highest BCUT2D eigenvalue weighted by Gasteiger charge is 2.11. The summed E-state index contributed by atoms with van der Waals surface area (Å²) in [6, 6.07) is 3.92. The van der Waals surface area contributed by atoms with Crippen LogP contribution in [0, 0.1) is 0 Å². The van der Waals surface area contributed by atoms with Gasteiger partial charge in [0.25, 0.3) is 0 Å². The van der Waals surface area contributed by atoms with Crippen molar-refractivity contribution in [1.29, 1.82) is 0 Å². The highest BCUT2D eigenvalue weighted by atomic mass is 32.1. The van der Waals surface area contributed by atoms with Gasteiger partial charge in [0.15, 0.2) is 0 Å². The SMILES string of the molecule is CC(NC(=O)Cc1cccs1)c1cnn(C)c1. The molecule has 2 aromatic rings. The molecule has 1 amide bonds. The molecule has 0 radical (unpaired) electrons. The van der Waals surface area contributed by atoms with Crippen LogP contribution in [0.5, 0.6) is 0 Å². The van der Waals surface area contributed by atoms with Gasteiger partial charge in [0.05, 0.1) is 18.7 Å². The average Bonchev–Trinajstić information content (AvgIpc) is 2.89. The minimum atomic E-state index is -0.00355. The van der Waals surface area contributed by atoms with E-state index < -0.39 is 0 Å². The van der Waals surface area contributed by atoms with E-state index >= 15 is 0 Å². The van der Waals surface area contributed by atoms with Crippen molar-refractivity contribution in [3.63, 3.8) is 0 Å². The fourth-order valence-electron chi connectivity index (χ4n) is 1.61. The van der Waals surface area contributed by atoms with E-state index in [2.05, 4.69) is 10.4 Å². The molecule has 2 heterocycles. The van der Waals surface area contributed by atoms with Crippen molar-refractivity contribution in [2.45, 2.75) is 19.4 Å². The third-order valence-electron chi connectivity index (χ3n) is 2.52. The van der Waals surface area contributed by atoms with E-state index in [1.165, 1.54) is 0 Å². The molecule has 17 heavy (non-hydrogen) atoms. The van der Waals surface area contributed by atoms with Crippen LogP contribution in [0.4, 0.5) is 0 Å². The zero-order chi connectivity index (χ0) is 12.3. The van der Waals surface area contributed by atoms with Gasteiger partial charge in [-0.15, -0.1) is 11.3 Å². The number of aryl methyl sites for hydroxylation is 1. The lowest BCUT2D eigenvalue weighted by atomic mass is 10.2. The van der Waals surface area contributed by atoms with Crippen molar-refractivity contribution in [1.82, 2.24) is 15.1 Å². The molecule has 0 aliphatic heterocycles. The second-order valence-corrected chi connectivity index (χ2v) is 5.02. The molecule has 4 nitrogen and oxygen atoms in total. The van der Waals surface area contributed by atoms with Crippen LogP contribution in [0.25, 0.3) is 0 Å². The maximum absolute atomic E-state index is 11.8. The van der Waals surface area contributed by atoms with Crippen LogP contribution in [0.2, 0.25) is 0 Å². The smallest absolute Gasteiger partial charge is 0.225 e. The Balaban J connectivity index is 1.90. The quantitative estimate of drug-likeness (QED) is 0.899. The average molecular weight is 249 g/mol. The third kappa shape index (κ3) is 3.17. The number of hydrogen-bond donors (Lipinski definition) is 1. The highest BCUT2D eigenvalue weighted by Crippen LogP contribution is 2.12. The first-order valence-corrected chi connectivity index (χ1v) is 6.33. The Labute approximate surface area is 104 Å². The Morgan fingerprint density at radius 1 is 1.65 bits per heavy atom. The topological polar surface area (TPSA) is 46.9 Å². The van der Waals surface area contributed by atoms with Crippen molar-refractivity contribution in [3.05, 3.63) is 40.3 Å². The second kappa shape index (κ2) is 5.14. The summed E-state index contributed by atoms with van der Waals surface area (Å²) in [4.78, 5) is 12.9. The van der Waals surface area contributed by atoms with Gasteiger partial charge in [-0.3, -0.25) is 9.48 Å². The molecule has 2 aromatic heterocycles. The van der Waals surface area contributed by atoms with Crippen LogP contribution in [-0.4, -0.2) is 15.7 Å². The molecule has 0 aromatic carbocycles. The number of amides is 1. The van der Waals surface area contributed by atoms with Gasteiger partial charge >= 0.3 is 0 Å². The fourth-order valence-corrected chi connectivity index (χ4v) is 2.31. The molecular formula is C12H15N3OS. The number of nitrogens with zero attached hydrogens (tertiary/aromatic N) is 2. The van der Waals surface area contributed by atoms with E-state index in [1.54, 1.807) is 22.2 Å². The largest absolute Gasteiger partial charge is 0.349 e. The van der Waals surface area contributed by atoms with Crippen molar-refractivity contribution >= 4 is 17.2 Å². The van der Waals surface area contributed by atoms with Crippen LogP contribution >= 0.6 is 11.3 Å². The summed E-state index contributed by atoms with van der Waals surface area (Å²) in [7, 11) is 1.86. The van der Waals surface area contributed by atoms with Crippen LogP contribution in [0.15, 0.2) is 29.9 Å². The molecule has 2 rings (SSSR count). The second-order valence-electron chi connectivity index (χ2n) is 3.99. The van der Waals surface area contributed by atoms with Crippen molar-refractivity contribution in [3.8, 4) is 0 Å². The number of thiophene rings is 1. The summed E-state index contributed by atoms with van der Waals surface area (Å²) in [6.07, 6.45) is 4.13. The standard InChI is InChI=1S/C12H15N3OS/c1-9(10-7-13-15(2)8-10)14-12(16)6-11-4-3-5-17-11/h3-5,7-9H,6H2,1-2H3,(H,14,16). The Kier molecular flexibility index (Phi) is 3.58. The summed E-state index contributed by atoms with van der Waals surface area (Å²) >= 11 is 1.60. The maximum Gasteiger partial charge on any atom is 0.225 e. The van der Waals surface area contributed by atoms with E-state index in [4.69, 9.17) is 0 Å². The Morgan fingerprint density at radius 2 is 2.47 bits per heavy atom. The van der Waals surface area contributed by atoms with Gasteiger partial charge in [-0.2, -0.15) is 5.10 Å². The number of aromatic nitrogens is 2. The Morgan fingerprint density at radius 3 is 3.06 bits per heavy atom. The molecular weight excluding hydrogens is 234 g/mol. The summed E-state index contributed by atoms with van der Waals surface area (Å²) < 4.78 is 1.73. The van der Waals surface area contributed by atoms with E-state index in [1.807, 2.05) is 37.7 Å². The van der Waals surface area contributed by atoms with E-state index in [0.717, 1.165) is 10.4 Å². The lowest BCUT2D eigenvalue weighted by Gasteiger charge is -2.11. The molecule has 0 saturated heterocycles. The molecule has 0 saturated carbocycles. The third-order valence-corrected chi connectivity index (χ3v) is 3.39. The van der Waals surface area contributed by atoms with Crippen molar-refractivity contribution in [2.24, 2.45) is 7.05 Å². The predicted molar refractivity (Wildman–Crippen MR) is 67.8 cm³/mol. The molecule has 0 bridgehead atoms. The minimum absolute atomic E-state index is 0.00355. The predicted octanol–water partition coefficient (Wildman–Crippen LogP) is 1.90. The molecule has 1 unspecified atom stereocenters. The molecule has 90 valence electrons. The summed E-state index contributed by atoms with van der Waals surface area (Å²) in [5, 5.41) is 9.03. The first-order valence-electron chi connectivity index (χ1n) is 5.45. The number of nitrogens with one attached hydrogen (secondary N) is 1.